The van der Waals surface area contributed by atoms with Gasteiger partial charge in [-0.25, -0.2) is 8.42 Å². The van der Waals surface area contributed by atoms with Gasteiger partial charge in [0.05, 0.1) is 11.2 Å². The third-order valence-electron chi connectivity index (χ3n) is 1.98. The molecule has 0 spiro atoms. The Hall–Kier alpha value is -1.63. The fraction of sp³-hybridized carbons (Fsp3) is 0.333. The number of hydrogen-bond donors (Lipinski definition) is 1. The van der Waals surface area contributed by atoms with Gasteiger partial charge >= 0.3 is 0 Å². The Morgan fingerprint density at radius 1 is 1.25 bits per heavy atom. The Morgan fingerprint density at radius 3 is 2.00 bits per heavy atom. The lowest BCUT2D eigenvalue weighted by Gasteiger charge is -2.07. The molecule has 0 bridgehead atoms. The molecule has 0 heterocycles. The largest absolute Gasteiger partial charge is 0.284 e. The summed E-state index contributed by atoms with van der Waals surface area (Å²) >= 11 is 0. The molecule has 0 aromatic heterocycles. The summed E-state index contributed by atoms with van der Waals surface area (Å²) in [5.41, 5.74) is 1.20. The number of aryl methyl sites for hydroxylation is 2. The van der Waals surface area contributed by atoms with Gasteiger partial charge in [0.25, 0.3) is 5.69 Å². The van der Waals surface area contributed by atoms with Crippen molar-refractivity contribution in [2.75, 3.05) is 11.0 Å². The molecule has 0 saturated heterocycles. The van der Waals surface area contributed by atoms with Crippen molar-refractivity contribution in [1.82, 2.24) is 0 Å². The lowest BCUT2D eigenvalue weighted by atomic mass is 10.1. The monoisotopic (exact) mass is 244 g/mol. The first-order valence-corrected chi connectivity index (χ1v) is 6.33. The van der Waals surface area contributed by atoms with Crippen molar-refractivity contribution in [3.05, 3.63) is 33.4 Å². The molecule has 1 aromatic carbocycles. The SMILES string of the molecule is Cc1cc(NS(C)(=O)=O)cc(C)c1[N+](=O)[O-]. The number of sulfonamides is 1. The van der Waals surface area contributed by atoms with Gasteiger partial charge in [-0.1, -0.05) is 0 Å². The standard InChI is InChI=1S/C9H12N2O4S/c1-6-4-8(10-16(3,14)15)5-7(2)9(6)11(12)13/h4-5,10H,1-3H3. The van der Waals surface area contributed by atoms with Crippen LogP contribution >= 0.6 is 0 Å². The van der Waals surface area contributed by atoms with Crippen molar-refractivity contribution < 1.29 is 13.3 Å². The molecule has 0 aliphatic carbocycles. The van der Waals surface area contributed by atoms with Crippen LogP contribution in [-0.4, -0.2) is 19.6 Å². The van der Waals surface area contributed by atoms with Crippen LogP contribution < -0.4 is 4.72 Å². The van der Waals surface area contributed by atoms with Gasteiger partial charge < -0.3 is 0 Å². The predicted molar refractivity (Wildman–Crippen MR) is 61.0 cm³/mol. The maximum atomic E-state index is 11.0. The van der Waals surface area contributed by atoms with Crippen molar-refractivity contribution in [2.45, 2.75) is 13.8 Å². The van der Waals surface area contributed by atoms with E-state index in [0.29, 0.717) is 16.8 Å². The molecule has 7 heteroatoms. The highest BCUT2D eigenvalue weighted by Gasteiger charge is 2.16. The molecule has 88 valence electrons. The van der Waals surface area contributed by atoms with Crippen LogP contribution in [0.3, 0.4) is 0 Å². The van der Waals surface area contributed by atoms with E-state index in [1.54, 1.807) is 13.8 Å². The molecule has 0 unspecified atom stereocenters. The summed E-state index contributed by atoms with van der Waals surface area (Å²) in [5.74, 6) is 0. The molecule has 0 aliphatic heterocycles. The van der Waals surface area contributed by atoms with Crippen LogP contribution in [0.5, 0.6) is 0 Å². The maximum absolute atomic E-state index is 11.0. The van der Waals surface area contributed by atoms with Crippen molar-refractivity contribution in [3.8, 4) is 0 Å². The van der Waals surface area contributed by atoms with Gasteiger partial charge in [0.15, 0.2) is 0 Å². The normalized spacial score (nSPS) is 11.2. The average molecular weight is 244 g/mol. The van der Waals surface area contributed by atoms with E-state index in [-0.39, 0.29) is 5.69 Å². The lowest BCUT2D eigenvalue weighted by molar-refractivity contribution is -0.386. The number of nitro benzene ring substituents is 1. The summed E-state index contributed by atoms with van der Waals surface area (Å²) in [6, 6.07) is 2.87. The van der Waals surface area contributed by atoms with Crippen LogP contribution in [0.2, 0.25) is 0 Å². The highest BCUT2D eigenvalue weighted by atomic mass is 32.2. The van der Waals surface area contributed by atoms with Gasteiger partial charge in [-0.05, 0) is 26.0 Å². The topological polar surface area (TPSA) is 89.3 Å². The highest BCUT2D eigenvalue weighted by Crippen LogP contribution is 2.26. The fourth-order valence-corrected chi connectivity index (χ4v) is 2.06. The number of anilines is 1. The molecule has 1 aromatic rings. The van der Waals surface area contributed by atoms with Crippen molar-refractivity contribution in [2.24, 2.45) is 0 Å². The van der Waals surface area contributed by atoms with E-state index in [1.807, 2.05) is 0 Å². The number of benzene rings is 1. The van der Waals surface area contributed by atoms with E-state index in [0.717, 1.165) is 6.26 Å². The van der Waals surface area contributed by atoms with E-state index in [2.05, 4.69) is 4.72 Å². The zero-order chi connectivity index (χ0) is 12.5. The summed E-state index contributed by atoms with van der Waals surface area (Å²) in [6.45, 7) is 3.14. The molecule has 0 aliphatic rings. The molecular weight excluding hydrogens is 232 g/mol. The van der Waals surface area contributed by atoms with Gasteiger partial charge in [0.2, 0.25) is 10.0 Å². The van der Waals surface area contributed by atoms with E-state index < -0.39 is 14.9 Å². The van der Waals surface area contributed by atoms with Crippen molar-refractivity contribution >= 4 is 21.4 Å². The summed E-state index contributed by atoms with van der Waals surface area (Å²) < 4.78 is 24.3. The lowest BCUT2D eigenvalue weighted by Crippen LogP contribution is -2.10. The number of nitrogens with zero attached hydrogens (tertiary/aromatic N) is 1. The minimum atomic E-state index is -3.36. The molecule has 1 N–H and O–H groups in total. The predicted octanol–water partition coefficient (Wildman–Crippen LogP) is 1.58. The van der Waals surface area contributed by atoms with Crippen LogP contribution in [0.1, 0.15) is 11.1 Å². The van der Waals surface area contributed by atoms with Crippen molar-refractivity contribution in [3.63, 3.8) is 0 Å². The van der Waals surface area contributed by atoms with E-state index >= 15 is 0 Å². The molecule has 0 amide bonds. The zero-order valence-electron chi connectivity index (χ0n) is 9.14. The summed E-state index contributed by atoms with van der Waals surface area (Å²) in [4.78, 5) is 10.2. The van der Waals surface area contributed by atoms with Gasteiger partial charge in [-0.2, -0.15) is 0 Å². The second-order valence-corrected chi connectivity index (χ2v) is 5.34. The van der Waals surface area contributed by atoms with Crippen LogP contribution in [0.4, 0.5) is 11.4 Å². The molecule has 1 rings (SSSR count). The Kier molecular flexibility index (Phi) is 3.18. The maximum Gasteiger partial charge on any atom is 0.275 e. The van der Waals surface area contributed by atoms with Gasteiger partial charge in [-0.3, -0.25) is 14.8 Å². The first-order valence-electron chi connectivity index (χ1n) is 4.44. The molecular formula is C9H12N2O4S. The van der Waals surface area contributed by atoms with Crippen LogP contribution in [0, 0.1) is 24.0 Å². The average Bonchev–Trinajstić information content (AvgIpc) is 1.96. The van der Waals surface area contributed by atoms with E-state index in [4.69, 9.17) is 0 Å². The van der Waals surface area contributed by atoms with Crippen LogP contribution in [-0.2, 0) is 10.0 Å². The first kappa shape index (κ1) is 12.4. The van der Waals surface area contributed by atoms with E-state index in [1.165, 1.54) is 12.1 Å². The third kappa shape index (κ3) is 2.93. The van der Waals surface area contributed by atoms with Gasteiger partial charge in [-0.15, -0.1) is 0 Å². The van der Waals surface area contributed by atoms with Crippen LogP contribution in [0.25, 0.3) is 0 Å². The van der Waals surface area contributed by atoms with Crippen molar-refractivity contribution in [1.29, 1.82) is 0 Å². The zero-order valence-corrected chi connectivity index (χ0v) is 9.96. The van der Waals surface area contributed by atoms with Gasteiger partial charge in [0, 0.05) is 16.8 Å². The molecule has 0 radical (unpaired) electrons. The summed E-state index contributed by atoms with van der Waals surface area (Å²) in [5, 5.41) is 10.7. The Labute approximate surface area is 93.5 Å². The summed E-state index contributed by atoms with van der Waals surface area (Å²) in [6.07, 6.45) is 1.03. The molecule has 0 saturated carbocycles. The first-order chi connectivity index (χ1) is 7.20. The smallest absolute Gasteiger partial charge is 0.275 e. The molecule has 0 atom stereocenters. The quantitative estimate of drug-likeness (QED) is 0.645. The van der Waals surface area contributed by atoms with Crippen LogP contribution in [0.15, 0.2) is 12.1 Å². The van der Waals surface area contributed by atoms with E-state index in [9.17, 15) is 18.5 Å². The highest BCUT2D eigenvalue weighted by molar-refractivity contribution is 7.92. The minimum absolute atomic E-state index is 0.0130. The third-order valence-corrected chi connectivity index (χ3v) is 2.58. The Bertz CT molecular complexity index is 513. The fourth-order valence-electron chi connectivity index (χ4n) is 1.52. The second kappa shape index (κ2) is 4.09. The number of nitro groups is 1. The Morgan fingerprint density at radius 2 is 1.69 bits per heavy atom. The second-order valence-electron chi connectivity index (χ2n) is 3.59. The Balaban J connectivity index is 3.25. The number of hydrogen-bond acceptors (Lipinski definition) is 4. The molecule has 16 heavy (non-hydrogen) atoms. The molecule has 0 fully saturated rings. The van der Waals surface area contributed by atoms with Gasteiger partial charge in [0.1, 0.15) is 0 Å². The number of nitrogens with one attached hydrogen (secondary N) is 1. The minimum Gasteiger partial charge on any atom is -0.284 e. The number of rotatable bonds is 3. The molecule has 6 nitrogen and oxygen atoms in total. The summed E-state index contributed by atoms with van der Waals surface area (Å²) in [7, 11) is -3.36.